The van der Waals surface area contributed by atoms with Gasteiger partial charge in [-0.15, -0.1) is 11.8 Å². The van der Waals surface area contributed by atoms with E-state index in [1.165, 1.54) is 23.9 Å². The van der Waals surface area contributed by atoms with Crippen LogP contribution in [0.4, 0.5) is 10.1 Å². The maximum Gasteiger partial charge on any atom is 0.258 e. The Labute approximate surface area is 203 Å². The first-order valence-corrected chi connectivity index (χ1v) is 12.5. The number of pyridine rings is 1. The van der Waals surface area contributed by atoms with E-state index in [2.05, 4.69) is 17.2 Å². The van der Waals surface area contributed by atoms with E-state index in [0.29, 0.717) is 27.6 Å². The summed E-state index contributed by atoms with van der Waals surface area (Å²) in [4.78, 5) is 32.4. The highest BCUT2D eigenvalue weighted by molar-refractivity contribution is 7.98. The zero-order chi connectivity index (χ0) is 24.1. The molecule has 1 N–H and O–H groups in total. The molecule has 0 spiro atoms. The smallest absolute Gasteiger partial charge is 0.258 e. The van der Waals surface area contributed by atoms with Gasteiger partial charge in [0, 0.05) is 35.8 Å². The third-order valence-corrected chi connectivity index (χ3v) is 7.17. The van der Waals surface area contributed by atoms with E-state index < -0.39 is 0 Å². The Morgan fingerprint density at radius 3 is 2.68 bits per heavy atom. The zero-order valence-corrected chi connectivity index (χ0v) is 20.2. The highest BCUT2D eigenvalue weighted by atomic mass is 32.2. The number of hydrogen-bond acceptors (Lipinski definition) is 4. The first-order valence-electron chi connectivity index (χ1n) is 11.5. The van der Waals surface area contributed by atoms with E-state index in [1.807, 2.05) is 17.9 Å². The van der Waals surface area contributed by atoms with Crippen molar-refractivity contribution in [2.75, 3.05) is 11.9 Å². The molecule has 1 saturated heterocycles. The molecule has 5 nitrogen and oxygen atoms in total. The predicted octanol–water partition coefficient (Wildman–Crippen LogP) is 6.09. The van der Waals surface area contributed by atoms with Crippen molar-refractivity contribution >= 4 is 29.3 Å². The second-order valence-electron chi connectivity index (χ2n) is 8.60. The van der Waals surface area contributed by atoms with Crippen molar-refractivity contribution in [3.8, 4) is 0 Å². The number of carbonyl (C=O) groups is 2. The third kappa shape index (κ3) is 5.65. The average molecular weight is 478 g/mol. The average Bonchev–Trinajstić information content (AvgIpc) is 2.85. The molecular weight excluding hydrogens is 449 g/mol. The topological polar surface area (TPSA) is 62.3 Å². The third-order valence-electron chi connectivity index (χ3n) is 6.09. The molecule has 0 saturated carbocycles. The molecule has 1 aliphatic heterocycles. The monoisotopic (exact) mass is 477 g/mol. The quantitative estimate of drug-likeness (QED) is 0.437. The van der Waals surface area contributed by atoms with Crippen molar-refractivity contribution in [3.05, 3.63) is 88.9 Å². The summed E-state index contributed by atoms with van der Waals surface area (Å²) >= 11 is 1.43. The van der Waals surface area contributed by atoms with Crippen molar-refractivity contribution in [1.82, 2.24) is 9.88 Å². The molecule has 1 fully saturated rings. The van der Waals surface area contributed by atoms with Crippen LogP contribution in [-0.2, 0) is 5.75 Å². The van der Waals surface area contributed by atoms with Crippen LogP contribution in [0.25, 0.3) is 0 Å². The van der Waals surface area contributed by atoms with Gasteiger partial charge in [-0.25, -0.2) is 9.37 Å². The van der Waals surface area contributed by atoms with Crippen molar-refractivity contribution < 1.29 is 14.0 Å². The number of benzene rings is 2. The summed E-state index contributed by atoms with van der Waals surface area (Å²) in [6.45, 7) is 4.77. The van der Waals surface area contributed by atoms with Gasteiger partial charge in [-0.05, 0) is 86.7 Å². The van der Waals surface area contributed by atoms with E-state index in [4.69, 9.17) is 0 Å². The Balaban J connectivity index is 1.45. The van der Waals surface area contributed by atoms with Crippen molar-refractivity contribution in [3.63, 3.8) is 0 Å². The minimum atomic E-state index is -0.278. The molecule has 0 radical (unpaired) electrons. The molecule has 1 aliphatic rings. The fourth-order valence-corrected chi connectivity index (χ4v) is 5.05. The fraction of sp³-hybridized carbons (Fsp3) is 0.296. The molecule has 2 heterocycles. The van der Waals surface area contributed by atoms with Gasteiger partial charge in [0.05, 0.1) is 5.56 Å². The number of aromatic nitrogens is 1. The van der Waals surface area contributed by atoms with Gasteiger partial charge >= 0.3 is 0 Å². The number of thioether (sulfide) groups is 1. The standard InChI is InChI=1S/C27H28FN3O2S/c1-18-16-21(27(33)31-15-4-3-6-19(31)2)10-13-24(18)30-25(32)23-7-5-14-29-26(23)34-17-20-8-11-22(28)12-9-20/h5,7-14,16,19H,3-4,6,15,17H2,1-2H3,(H,30,32). The number of aryl methyl sites for hydroxylation is 1. The van der Waals surface area contributed by atoms with Gasteiger partial charge in [0.15, 0.2) is 0 Å². The van der Waals surface area contributed by atoms with Crippen LogP contribution in [0, 0.1) is 12.7 Å². The Morgan fingerprint density at radius 2 is 1.94 bits per heavy atom. The molecule has 0 bridgehead atoms. The lowest BCUT2D eigenvalue weighted by Crippen LogP contribution is -2.42. The number of likely N-dealkylation sites (tertiary alicyclic amines) is 1. The van der Waals surface area contributed by atoms with Gasteiger partial charge in [0.2, 0.25) is 0 Å². The number of nitrogens with one attached hydrogen (secondary N) is 1. The van der Waals surface area contributed by atoms with Gasteiger partial charge in [-0.2, -0.15) is 0 Å². The molecule has 0 aliphatic carbocycles. The largest absolute Gasteiger partial charge is 0.336 e. The van der Waals surface area contributed by atoms with Crippen molar-refractivity contribution in [2.45, 2.75) is 49.9 Å². The Hall–Kier alpha value is -3.19. The van der Waals surface area contributed by atoms with E-state index >= 15 is 0 Å². The number of rotatable bonds is 6. The zero-order valence-electron chi connectivity index (χ0n) is 19.4. The van der Waals surface area contributed by atoms with Crippen LogP contribution < -0.4 is 5.32 Å². The normalized spacial score (nSPS) is 15.7. The van der Waals surface area contributed by atoms with Crippen LogP contribution in [-0.4, -0.2) is 34.3 Å². The highest BCUT2D eigenvalue weighted by Crippen LogP contribution is 2.26. The lowest BCUT2D eigenvalue weighted by molar-refractivity contribution is 0.0635. The molecule has 1 unspecified atom stereocenters. The van der Waals surface area contributed by atoms with Crippen LogP contribution in [0.3, 0.4) is 0 Å². The van der Waals surface area contributed by atoms with Gasteiger partial charge in [0.25, 0.3) is 11.8 Å². The molecule has 3 aromatic rings. The molecule has 7 heteroatoms. The first-order chi connectivity index (χ1) is 16.4. The number of anilines is 1. The van der Waals surface area contributed by atoms with Gasteiger partial charge < -0.3 is 10.2 Å². The lowest BCUT2D eigenvalue weighted by Gasteiger charge is -2.33. The molecule has 34 heavy (non-hydrogen) atoms. The summed E-state index contributed by atoms with van der Waals surface area (Å²) in [5.41, 5.74) is 3.54. The summed E-state index contributed by atoms with van der Waals surface area (Å²) in [5, 5.41) is 3.56. The Kier molecular flexibility index (Phi) is 7.63. The Morgan fingerprint density at radius 1 is 1.15 bits per heavy atom. The number of nitrogens with zero attached hydrogens (tertiary/aromatic N) is 2. The molecule has 1 aromatic heterocycles. The van der Waals surface area contributed by atoms with Crippen LogP contribution in [0.5, 0.6) is 0 Å². The van der Waals surface area contributed by atoms with Gasteiger partial charge in [0.1, 0.15) is 10.8 Å². The molecule has 2 amide bonds. The SMILES string of the molecule is Cc1cc(C(=O)N2CCCCC2C)ccc1NC(=O)c1cccnc1SCc1ccc(F)cc1. The second kappa shape index (κ2) is 10.8. The molecule has 2 aromatic carbocycles. The van der Waals surface area contributed by atoms with E-state index in [0.717, 1.165) is 36.9 Å². The molecule has 1 atom stereocenters. The van der Waals surface area contributed by atoms with E-state index in [-0.39, 0.29) is 23.7 Å². The number of halogens is 1. The Bertz CT molecular complexity index is 1180. The van der Waals surface area contributed by atoms with E-state index in [1.54, 1.807) is 42.6 Å². The maximum absolute atomic E-state index is 13.1. The maximum atomic E-state index is 13.1. The number of amides is 2. The van der Waals surface area contributed by atoms with Crippen molar-refractivity contribution in [1.29, 1.82) is 0 Å². The summed E-state index contributed by atoms with van der Waals surface area (Å²) in [6, 6.07) is 15.4. The minimum Gasteiger partial charge on any atom is -0.336 e. The number of piperidine rings is 1. The van der Waals surface area contributed by atoms with Crippen molar-refractivity contribution in [2.24, 2.45) is 0 Å². The highest BCUT2D eigenvalue weighted by Gasteiger charge is 2.24. The van der Waals surface area contributed by atoms with Gasteiger partial charge in [-0.3, -0.25) is 9.59 Å². The number of hydrogen-bond donors (Lipinski definition) is 1. The van der Waals surface area contributed by atoms with Gasteiger partial charge in [-0.1, -0.05) is 12.1 Å². The lowest BCUT2D eigenvalue weighted by atomic mass is 10.0. The summed E-state index contributed by atoms with van der Waals surface area (Å²) in [7, 11) is 0. The fourth-order valence-electron chi connectivity index (χ4n) is 4.10. The molecular formula is C27H28FN3O2S. The minimum absolute atomic E-state index is 0.0416. The predicted molar refractivity (Wildman–Crippen MR) is 134 cm³/mol. The first kappa shape index (κ1) is 24.0. The molecule has 176 valence electrons. The van der Waals surface area contributed by atoms with Crippen LogP contribution >= 0.6 is 11.8 Å². The van der Waals surface area contributed by atoms with Crippen LogP contribution in [0.2, 0.25) is 0 Å². The number of carbonyl (C=O) groups excluding carboxylic acids is 2. The van der Waals surface area contributed by atoms with Crippen LogP contribution in [0.15, 0.2) is 65.8 Å². The summed E-state index contributed by atoms with van der Waals surface area (Å²) < 4.78 is 13.1. The molecule has 4 rings (SSSR count). The summed E-state index contributed by atoms with van der Waals surface area (Å²) in [5.74, 6) is 0.0733. The van der Waals surface area contributed by atoms with E-state index in [9.17, 15) is 14.0 Å². The summed E-state index contributed by atoms with van der Waals surface area (Å²) in [6.07, 6.45) is 4.88. The second-order valence-corrected chi connectivity index (χ2v) is 9.56. The van der Waals surface area contributed by atoms with Crippen LogP contribution in [0.1, 0.15) is 58.0 Å².